The highest BCUT2D eigenvalue weighted by molar-refractivity contribution is 6.22. The molecule has 2 heteroatoms. The van der Waals surface area contributed by atoms with Gasteiger partial charge >= 0.3 is 0 Å². The van der Waals surface area contributed by atoms with Crippen LogP contribution in [0.5, 0.6) is 0 Å². The molecule has 0 saturated heterocycles. The average Bonchev–Trinajstić information content (AvgIpc) is 1.99. The fraction of sp³-hybridized carbons (Fsp3) is 0.250. The average molecular weight is 159 g/mol. The number of hydrogen-bond acceptors (Lipinski definition) is 1. The summed E-state index contributed by atoms with van der Waals surface area (Å²) in [4.78, 5) is 0. The van der Waals surface area contributed by atoms with Crippen molar-refractivity contribution >= 4 is 11.6 Å². The van der Waals surface area contributed by atoms with E-state index in [0.29, 0.717) is 0 Å². The van der Waals surface area contributed by atoms with E-state index in [1.807, 2.05) is 0 Å². The zero-order valence-corrected chi connectivity index (χ0v) is 6.51. The fourth-order valence-corrected chi connectivity index (χ4v) is 0.704. The summed E-state index contributed by atoms with van der Waals surface area (Å²) in [5, 5.41) is 8.24. The maximum atomic E-state index is 8.61. The van der Waals surface area contributed by atoms with Gasteiger partial charge in [0.1, 0.15) is 0 Å². The fourth-order valence-electron chi connectivity index (χ4n) is 0.542. The van der Waals surface area contributed by atoms with Crippen LogP contribution < -0.4 is 0 Å². The van der Waals surface area contributed by atoms with E-state index in [9.17, 15) is 0 Å². The first-order valence-electron chi connectivity index (χ1n) is 2.96. The molecule has 0 saturated carbocycles. The van der Waals surface area contributed by atoms with Gasteiger partial charge in [0.05, 0.1) is 12.0 Å². The Kier molecular flexibility index (Phi) is 4.99. The largest absolute Gasteiger partial charge is 0.394 e. The Labute approximate surface area is 66.3 Å². The topological polar surface area (TPSA) is 20.2 Å². The molecule has 1 atom stereocenters. The van der Waals surface area contributed by atoms with E-state index >= 15 is 0 Å². The standard InChI is InChI=1S/C8H11ClO/c1-3-5-7(4-2)8(9)6-10/h3-5,8,10H,1-2,6H2/b7-5+. The molecular weight excluding hydrogens is 148 g/mol. The molecule has 56 valence electrons. The van der Waals surface area contributed by atoms with E-state index in [-0.39, 0.29) is 12.0 Å². The second-order valence-corrected chi connectivity index (χ2v) is 2.28. The summed E-state index contributed by atoms with van der Waals surface area (Å²) in [5.74, 6) is 0. The van der Waals surface area contributed by atoms with Gasteiger partial charge in [0.15, 0.2) is 0 Å². The van der Waals surface area contributed by atoms with Gasteiger partial charge in [-0.15, -0.1) is 11.6 Å². The summed E-state index contributed by atoms with van der Waals surface area (Å²) in [7, 11) is 0. The monoisotopic (exact) mass is 158 g/mol. The van der Waals surface area contributed by atoms with E-state index in [0.717, 1.165) is 5.57 Å². The first kappa shape index (κ1) is 9.47. The van der Waals surface area contributed by atoms with Crippen LogP contribution in [-0.2, 0) is 0 Å². The molecule has 0 aromatic rings. The zero-order valence-electron chi connectivity index (χ0n) is 5.76. The summed E-state index contributed by atoms with van der Waals surface area (Å²) in [5.41, 5.74) is 0.791. The molecule has 0 aliphatic rings. The minimum Gasteiger partial charge on any atom is -0.394 e. The number of aliphatic hydroxyl groups is 1. The molecule has 0 fully saturated rings. The third-order valence-electron chi connectivity index (χ3n) is 1.07. The minimum absolute atomic E-state index is 0.0761. The highest BCUT2D eigenvalue weighted by Gasteiger charge is 2.03. The summed E-state index contributed by atoms with van der Waals surface area (Å²) in [6.45, 7) is 6.96. The van der Waals surface area contributed by atoms with E-state index in [1.165, 1.54) is 0 Å². The van der Waals surface area contributed by atoms with E-state index < -0.39 is 0 Å². The summed E-state index contributed by atoms with van der Waals surface area (Å²) >= 11 is 5.67. The van der Waals surface area contributed by atoms with Crippen LogP contribution in [0.15, 0.2) is 37.0 Å². The third kappa shape index (κ3) is 2.85. The van der Waals surface area contributed by atoms with Crippen molar-refractivity contribution in [1.82, 2.24) is 0 Å². The van der Waals surface area contributed by atoms with Gasteiger partial charge in [-0.1, -0.05) is 31.4 Å². The number of hydrogen-bond donors (Lipinski definition) is 1. The first-order valence-corrected chi connectivity index (χ1v) is 3.39. The highest BCUT2D eigenvalue weighted by Crippen LogP contribution is 2.09. The number of rotatable bonds is 4. The van der Waals surface area contributed by atoms with E-state index in [2.05, 4.69) is 13.2 Å². The van der Waals surface area contributed by atoms with Crippen LogP contribution in [0.2, 0.25) is 0 Å². The Bertz CT molecular complexity index is 149. The predicted octanol–water partition coefficient (Wildman–Crippen LogP) is 1.88. The van der Waals surface area contributed by atoms with Crippen molar-refractivity contribution in [3.05, 3.63) is 37.0 Å². The predicted molar refractivity (Wildman–Crippen MR) is 45.2 cm³/mol. The van der Waals surface area contributed by atoms with E-state index in [4.69, 9.17) is 16.7 Å². The molecule has 0 heterocycles. The van der Waals surface area contributed by atoms with Crippen molar-refractivity contribution in [2.24, 2.45) is 0 Å². The Balaban J connectivity index is 4.18. The quantitative estimate of drug-likeness (QED) is 0.490. The number of alkyl halides is 1. The Morgan fingerprint density at radius 2 is 2.20 bits per heavy atom. The lowest BCUT2D eigenvalue weighted by molar-refractivity contribution is 0.303. The Morgan fingerprint density at radius 3 is 2.50 bits per heavy atom. The van der Waals surface area contributed by atoms with Crippen LogP contribution in [0, 0.1) is 0 Å². The second-order valence-electron chi connectivity index (χ2n) is 1.76. The number of halogens is 1. The Hall–Kier alpha value is -0.530. The van der Waals surface area contributed by atoms with Crippen molar-refractivity contribution in [1.29, 1.82) is 0 Å². The molecule has 0 aliphatic heterocycles. The number of allylic oxidation sites excluding steroid dienone is 3. The maximum Gasteiger partial charge on any atom is 0.0816 e. The molecule has 1 nitrogen and oxygen atoms in total. The van der Waals surface area contributed by atoms with Gasteiger partial charge in [-0.25, -0.2) is 0 Å². The van der Waals surface area contributed by atoms with Crippen molar-refractivity contribution in [3.8, 4) is 0 Å². The van der Waals surface area contributed by atoms with Crippen LogP contribution in [0.25, 0.3) is 0 Å². The molecule has 0 radical (unpaired) electrons. The lowest BCUT2D eigenvalue weighted by Gasteiger charge is -2.04. The van der Waals surface area contributed by atoms with Gasteiger partial charge < -0.3 is 5.11 Å². The summed E-state index contributed by atoms with van der Waals surface area (Å²) in [6.07, 6.45) is 4.94. The van der Waals surface area contributed by atoms with Gasteiger partial charge in [0, 0.05) is 0 Å². The molecule has 1 unspecified atom stereocenters. The molecule has 0 spiro atoms. The van der Waals surface area contributed by atoms with Crippen molar-refractivity contribution < 1.29 is 5.11 Å². The SMILES string of the molecule is C=C/C=C(\C=C)C(Cl)CO. The number of aliphatic hydroxyl groups excluding tert-OH is 1. The smallest absolute Gasteiger partial charge is 0.0816 e. The normalized spacial score (nSPS) is 14.4. The van der Waals surface area contributed by atoms with E-state index in [1.54, 1.807) is 18.2 Å². The molecule has 0 rings (SSSR count). The lowest BCUT2D eigenvalue weighted by Crippen LogP contribution is -2.05. The zero-order chi connectivity index (χ0) is 7.98. The van der Waals surface area contributed by atoms with Gasteiger partial charge in [0.2, 0.25) is 0 Å². The minimum atomic E-state index is -0.365. The Morgan fingerprint density at radius 1 is 1.60 bits per heavy atom. The van der Waals surface area contributed by atoms with Crippen molar-refractivity contribution in [2.75, 3.05) is 6.61 Å². The van der Waals surface area contributed by atoms with Gasteiger partial charge in [-0.2, -0.15) is 0 Å². The second kappa shape index (κ2) is 5.27. The molecule has 1 N–H and O–H groups in total. The van der Waals surface area contributed by atoms with Gasteiger partial charge in [0.25, 0.3) is 0 Å². The van der Waals surface area contributed by atoms with Gasteiger partial charge in [-0.05, 0) is 5.57 Å². The summed E-state index contributed by atoms with van der Waals surface area (Å²) in [6, 6.07) is 0. The molecule has 0 aromatic heterocycles. The molecule has 0 amide bonds. The third-order valence-corrected chi connectivity index (χ3v) is 1.46. The first-order chi connectivity index (χ1) is 4.76. The van der Waals surface area contributed by atoms with Crippen LogP contribution in [0.3, 0.4) is 0 Å². The lowest BCUT2D eigenvalue weighted by atomic mass is 10.2. The molecule has 10 heavy (non-hydrogen) atoms. The van der Waals surface area contributed by atoms with Crippen LogP contribution >= 0.6 is 11.6 Å². The molecule has 0 aromatic carbocycles. The van der Waals surface area contributed by atoms with Crippen LogP contribution in [0.1, 0.15) is 0 Å². The summed E-state index contributed by atoms with van der Waals surface area (Å²) < 4.78 is 0. The molecule has 0 aliphatic carbocycles. The van der Waals surface area contributed by atoms with Crippen molar-refractivity contribution in [2.45, 2.75) is 5.38 Å². The van der Waals surface area contributed by atoms with Crippen LogP contribution in [-0.4, -0.2) is 17.1 Å². The molecular formula is C8H11ClO. The van der Waals surface area contributed by atoms with Gasteiger partial charge in [-0.3, -0.25) is 0 Å². The molecule has 0 bridgehead atoms. The maximum absolute atomic E-state index is 8.61. The highest BCUT2D eigenvalue weighted by atomic mass is 35.5. The van der Waals surface area contributed by atoms with Crippen LogP contribution in [0.4, 0.5) is 0 Å². The van der Waals surface area contributed by atoms with Crippen molar-refractivity contribution in [3.63, 3.8) is 0 Å².